The number of rotatable bonds is 14. The van der Waals surface area contributed by atoms with Crippen molar-refractivity contribution in [2.24, 2.45) is 5.92 Å². The number of phenols is 1. The summed E-state index contributed by atoms with van der Waals surface area (Å²) >= 11 is 6.11. The molecule has 0 radical (unpaired) electrons. The lowest BCUT2D eigenvalue weighted by atomic mass is 9.90. The Kier molecular flexibility index (Phi) is 23.2. The molecule has 3 aromatic rings. The lowest BCUT2D eigenvalue weighted by Crippen LogP contribution is -2.30. The van der Waals surface area contributed by atoms with Gasteiger partial charge >= 0.3 is 0 Å². The lowest BCUT2D eigenvalue weighted by Gasteiger charge is -2.23. The predicted octanol–water partition coefficient (Wildman–Crippen LogP) is 13.1. The summed E-state index contributed by atoms with van der Waals surface area (Å²) in [6.45, 7) is 22.4. The van der Waals surface area contributed by atoms with Gasteiger partial charge in [-0.2, -0.15) is 5.26 Å². The van der Waals surface area contributed by atoms with Gasteiger partial charge in [-0.25, -0.2) is 4.39 Å². The van der Waals surface area contributed by atoms with E-state index in [1.165, 1.54) is 86.5 Å². The van der Waals surface area contributed by atoms with E-state index in [0.29, 0.717) is 35.6 Å². The summed E-state index contributed by atoms with van der Waals surface area (Å²) in [5.74, 6) is 1.40. The summed E-state index contributed by atoms with van der Waals surface area (Å²) in [7, 11) is 0. The second-order valence-corrected chi connectivity index (χ2v) is 17.3. The number of ether oxygens (including phenoxy) is 1. The Morgan fingerprint density at radius 1 is 1.02 bits per heavy atom. The number of nitriles is 1. The third-order valence-corrected chi connectivity index (χ3v) is 11.3. The van der Waals surface area contributed by atoms with Crippen molar-refractivity contribution in [3.63, 3.8) is 0 Å². The molecule has 1 atom stereocenters. The fourth-order valence-electron chi connectivity index (χ4n) is 7.89. The van der Waals surface area contributed by atoms with Gasteiger partial charge in [0.25, 0.3) is 0 Å². The zero-order valence-corrected chi connectivity index (χ0v) is 38.6. The maximum absolute atomic E-state index is 12.5. The molecule has 8 heteroatoms. The van der Waals surface area contributed by atoms with E-state index in [9.17, 15) is 9.50 Å². The second-order valence-electron chi connectivity index (χ2n) is 16.9. The third-order valence-electron chi connectivity index (χ3n) is 11.0. The minimum atomic E-state index is -0.545. The first-order valence-electron chi connectivity index (χ1n) is 22.5. The van der Waals surface area contributed by atoms with Crippen LogP contribution in [0.1, 0.15) is 127 Å². The minimum Gasteiger partial charge on any atom is -0.506 e. The number of aromatic hydroxyl groups is 1. The summed E-state index contributed by atoms with van der Waals surface area (Å²) < 4.78 is 18.4. The number of alkyl halides is 1. The molecule has 60 heavy (non-hydrogen) atoms. The maximum Gasteiger partial charge on any atom is 0.181 e. The number of hydrogen-bond acceptors (Lipinski definition) is 6. The molecular formula is C52H74ClFN4O2. The number of nitrogens with one attached hydrogen (secondary N) is 2. The van der Waals surface area contributed by atoms with Crippen molar-refractivity contribution in [1.29, 1.82) is 5.26 Å². The molecular weight excluding hydrogens is 767 g/mol. The Hall–Kier alpha value is -4.09. The SMILES string of the molecule is C=C/C(=C\C(=C/C)NC#N)COc1cc(O)c(Cl)cc1CNC1CCCCC1.CC(C)C.CCCN1CCC(F)C1.CCCc1cccc(-c2cccc3c2CCC3)c1C. The van der Waals surface area contributed by atoms with Crippen LogP contribution in [0.4, 0.5) is 4.39 Å². The average Bonchev–Trinajstić information content (AvgIpc) is 3.90. The average molecular weight is 842 g/mol. The van der Waals surface area contributed by atoms with Crippen molar-refractivity contribution < 1.29 is 14.2 Å². The molecule has 2 fully saturated rings. The lowest BCUT2D eigenvalue weighted by molar-refractivity contribution is 0.288. The molecule has 3 N–H and O–H groups in total. The van der Waals surface area contributed by atoms with Crippen molar-refractivity contribution >= 4 is 11.6 Å². The van der Waals surface area contributed by atoms with Gasteiger partial charge in [0, 0.05) is 43.0 Å². The van der Waals surface area contributed by atoms with Gasteiger partial charge in [0.1, 0.15) is 24.3 Å². The molecule has 0 bridgehead atoms. The van der Waals surface area contributed by atoms with Crippen LogP contribution < -0.4 is 15.4 Å². The molecule has 328 valence electrons. The summed E-state index contributed by atoms with van der Waals surface area (Å²) in [5, 5.41) is 25.3. The summed E-state index contributed by atoms with van der Waals surface area (Å²) in [6, 6.07) is 17.4. The van der Waals surface area contributed by atoms with Gasteiger partial charge in [-0.05, 0) is 129 Å². The monoisotopic (exact) mass is 841 g/mol. The van der Waals surface area contributed by atoms with Gasteiger partial charge in [0.15, 0.2) is 6.19 Å². The third kappa shape index (κ3) is 17.1. The zero-order valence-electron chi connectivity index (χ0n) is 37.8. The number of fused-ring (bicyclic) bond motifs is 1. The van der Waals surface area contributed by atoms with Gasteiger partial charge in [-0.15, -0.1) is 0 Å². The smallest absolute Gasteiger partial charge is 0.181 e. The van der Waals surface area contributed by atoms with Crippen LogP contribution in [-0.2, 0) is 25.8 Å². The summed E-state index contributed by atoms with van der Waals surface area (Å²) in [4.78, 5) is 2.19. The van der Waals surface area contributed by atoms with Crippen LogP contribution >= 0.6 is 11.6 Å². The molecule has 0 amide bonds. The Bertz CT molecular complexity index is 1850. The fourth-order valence-corrected chi connectivity index (χ4v) is 8.07. The van der Waals surface area contributed by atoms with Crippen molar-refractivity contribution in [3.05, 3.63) is 117 Å². The number of hydrogen-bond donors (Lipinski definition) is 3. The first-order valence-corrected chi connectivity index (χ1v) is 22.9. The van der Waals surface area contributed by atoms with Crippen molar-refractivity contribution in [3.8, 4) is 28.8 Å². The quantitative estimate of drug-likeness (QED) is 0.0852. The molecule has 6 rings (SSSR count). The van der Waals surface area contributed by atoms with E-state index in [2.05, 4.69) is 100 Å². The number of nitrogens with zero attached hydrogens (tertiary/aromatic N) is 2. The highest BCUT2D eigenvalue weighted by Crippen LogP contribution is 2.35. The highest BCUT2D eigenvalue weighted by molar-refractivity contribution is 6.32. The fraction of sp³-hybridized carbons (Fsp3) is 0.519. The molecule has 0 spiro atoms. The van der Waals surface area contributed by atoms with Crippen LogP contribution in [0.3, 0.4) is 0 Å². The van der Waals surface area contributed by atoms with E-state index < -0.39 is 6.17 Å². The molecule has 2 aliphatic carbocycles. The standard InChI is InChI=1S/C22H28ClN3O2.C19H22.C7H14FN.C4H10/c1-3-16(10-18(4-2)26-15-24)14-28-22-12-21(27)20(23)11-17(22)13-25-19-8-6-5-7-9-19;1-3-7-15-8-4-11-17(14(15)2)19-13-6-10-16-9-5-12-18(16)19;1-2-4-9-5-3-7(8)6-9;1-4(2)3/h3-4,10-12,19,25-27H,1,5-9,13-14H2,2H3;4,6,8,10-11,13H,3,5,7,9,12H2,1-2H3;7H,2-6H2,1H3;4H,1-3H3/b16-10+,18-4+;;;. The van der Waals surface area contributed by atoms with Crippen molar-refractivity contribution in [2.45, 2.75) is 144 Å². The number of aryl methyl sites for hydroxylation is 2. The van der Waals surface area contributed by atoms with Crippen molar-refractivity contribution in [1.82, 2.24) is 15.5 Å². The Labute approximate surface area is 368 Å². The van der Waals surface area contributed by atoms with Crippen LogP contribution in [0, 0.1) is 24.3 Å². The van der Waals surface area contributed by atoms with Gasteiger partial charge in [-0.1, -0.05) is 127 Å². The van der Waals surface area contributed by atoms with E-state index in [1.807, 2.05) is 13.1 Å². The second kappa shape index (κ2) is 27.7. The predicted molar refractivity (Wildman–Crippen MR) is 253 cm³/mol. The molecule has 1 unspecified atom stereocenters. The topological polar surface area (TPSA) is 80.5 Å². The van der Waals surface area contributed by atoms with Gasteiger partial charge in [0.05, 0.1) is 5.02 Å². The number of halogens is 2. The van der Waals surface area contributed by atoms with Crippen LogP contribution in [0.5, 0.6) is 11.5 Å². The summed E-state index contributed by atoms with van der Waals surface area (Å²) in [5.41, 5.74) is 11.4. The Morgan fingerprint density at radius 3 is 2.37 bits per heavy atom. The van der Waals surface area contributed by atoms with Crippen LogP contribution in [-0.4, -0.2) is 48.5 Å². The normalized spacial score (nSPS) is 16.6. The van der Waals surface area contributed by atoms with E-state index in [1.54, 1.807) is 41.5 Å². The molecule has 1 heterocycles. The highest BCUT2D eigenvalue weighted by atomic mass is 35.5. The number of allylic oxidation sites excluding steroid dienone is 2. The van der Waals surface area contributed by atoms with E-state index in [4.69, 9.17) is 21.6 Å². The molecule has 3 aliphatic rings. The molecule has 3 aromatic carbocycles. The van der Waals surface area contributed by atoms with Crippen LogP contribution in [0.25, 0.3) is 11.1 Å². The van der Waals surface area contributed by atoms with Crippen molar-refractivity contribution in [2.75, 3.05) is 26.2 Å². The van der Waals surface area contributed by atoms with Gasteiger partial charge in [-0.3, -0.25) is 5.32 Å². The zero-order chi connectivity index (χ0) is 43.9. The van der Waals surface area contributed by atoms with E-state index in [0.717, 1.165) is 43.0 Å². The number of benzene rings is 3. The molecule has 0 aromatic heterocycles. The minimum absolute atomic E-state index is 0.0116. The molecule has 1 saturated carbocycles. The first kappa shape index (κ1) is 50.3. The number of phenolic OH excluding ortho intramolecular Hbond substituents is 1. The van der Waals surface area contributed by atoms with Gasteiger partial charge in [0.2, 0.25) is 0 Å². The van der Waals surface area contributed by atoms with E-state index in [-0.39, 0.29) is 12.4 Å². The van der Waals surface area contributed by atoms with Crippen LogP contribution in [0.2, 0.25) is 5.02 Å². The largest absolute Gasteiger partial charge is 0.506 e. The molecule has 1 aliphatic heterocycles. The van der Waals surface area contributed by atoms with E-state index >= 15 is 0 Å². The maximum atomic E-state index is 12.5. The Morgan fingerprint density at radius 2 is 1.73 bits per heavy atom. The number of likely N-dealkylation sites (tertiary alicyclic amines) is 1. The molecule has 6 nitrogen and oxygen atoms in total. The molecule has 1 saturated heterocycles. The highest BCUT2D eigenvalue weighted by Gasteiger charge is 2.20. The summed E-state index contributed by atoms with van der Waals surface area (Å²) in [6.07, 6.45) is 21.0. The first-order chi connectivity index (χ1) is 28.9. The van der Waals surface area contributed by atoms with Crippen LogP contribution in [0.15, 0.2) is 84.6 Å². The van der Waals surface area contributed by atoms with Gasteiger partial charge < -0.3 is 20.1 Å². The Balaban J connectivity index is 0.000000256.